The molecule has 0 bridgehead atoms. The van der Waals surface area contributed by atoms with Crippen molar-refractivity contribution in [3.63, 3.8) is 0 Å². The predicted molar refractivity (Wildman–Crippen MR) is 80.8 cm³/mol. The van der Waals surface area contributed by atoms with Crippen molar-refractivity contribution >= 4 is 33.3 Å². The van der Waals surface area contributed by atoms with Gasteiger partial charge in [-0.1, -0.05) is 23.9 Å². The fourth-order valence-electron chi connectivity index (χ4n) is 1.66. The maximum Gasteiger partial charge on any atom is 0.240 e. The van der Waals surface area contributed by atoms with Gasteiger partial charge < -0.3 is 10.4 Å². The van der Waals surface area contributed by atoms with Gasteiger partial charge >= 0.3 is 0 Å². The number of hydrogen-bond donors (Lipinski definition) is 3. The number of nitrogens with two attached hydrogens (primary N) is 1. The summed E-state index contributed by atoms with van der Waals surface area (Å²) in [4.78, 5) is 8.23. The fourth-order valence-corrected chi connectivity index (χ4v) is 2.69. The first kappa shape index (κ1) is 15.7. The van der Waals surface area contributed by atoms with Gasteiger partial charge in [-0.3, -0.25) is 0 Å². The number of rotatable bonds is 5. The van der Waals surface area contributed by atoms with Gasteiger partial charge in [0.2, 0.25) is 10.0 Å². The molecule has 1 heterocycles. The van der Waals surface area contributed by atoms with E-state index in [9.17, 15) is 13.5 Å². The van der Waals surface area contributed by atoms with Crippen LogP contribution in [0.5, 0.6) is 0 Å². The highest BCUT2D eigenvalue weighted by atomic mass is 32.2. The van der Waals surface area contributed by atoms with Crippen LogP contribution in [0.15, 0.2) is 40.5 Å². The number of aliphatic hydroxyl groups is 1. The number of benzene rings is 1. The molecule has 21 heavy (non-hydrogen) atoms. The minimum absolute atomic E-state index is 0.0433. The smallest absolute Gasteiger partial charge is 0.240 e. The lowest BCUT2D eigenvalue weighted by molar-refractivity contribution is 0.281. The third kappa shape index (κ3) is 3.70. The molecule has 0 amide bonds. The summed E-state index contributed by atoms with van der Waals surface area (Å²) in [5, 5.41) is 17.9. The maximum absolute atomic E-state index is 11.6. The molecule has 4 N–H and O–H groups in total. The Morgan fingerprint density at radius 1 is 1.38 bits per heavy atom. The molecule has 112 valence electrons. The molecule has 0 fully saturated rings. The molecule has 0 unspecified atom stereocenters. The van der Waals surface area contributed by atoms with Crippen LogP contribution in [-0.2, 0) is 16.6 Å². The number of nitrogens with one attached hydrogen (secondary N) is 1. The molecule has 0 atom stereocenters. The number of aliphatic hydroxyl groups excluding tert-OH is 1. The summed E-state index contributed by atoms with van der Waals surface area (Å²) in [7, 11) is -3.86. The summed E-state index contributed by atoms with van der Waals surface area (Å²) in [5.41, 5.74) is 0.748. The molecule has 0 radical (unpaired) electrons. The van der Waals surface area contributed by atoms with E-state index in [0.717, 1.165) is 0 Å². The Morgan fingerprint density at radius 3 is 2.71 bits per heavy atom. The Balaban J connectivity index is 2.48. The second-order valence-corrected chi connectivity index (χ2v) is 6.36. The highest BCUT2D eigenvalue weighted by Crippen LogP contribution is 2.25. The zero-order chi connectivity index (χ0) is 15.5. The van der Waals surface area contributed by atoms with Crippen LogP contribution in [0.4, 0.5) is 11.5 Å². The van der Waals surface area contributed by atoms with Crippen LogP contribution in [0.3, 0.4) is 0 Å². The molecule has 7 nitrogen and oxygen atoms in total. The van der Waals surface area contributed by atoms with Crippen LogP contribution in [0.25, 0.3) is 0 Å². The Labute approximate surface area is 126 Å². The number of thioether (sulfide) groups is 1. The fraction of sp³-hybridized carbons (Fsp3) is 0.167. The number of aromatic nitrogens is 2. The standard InChI is InChI=1S/C12H14N4O3S2/c1-20-12-14-6-8(7-17)11(16-12)15-9-4-2-3-5-10(9)21(13,18)19/h2-6,17H,7H2,1H3,(H2,13,18,19)(H,14,15,16). The quantitative estimate of drug-likeness (QED) is 0.556. The second kappa shape index (κ2) is 6.39. The third-order valence-corrected chi connectivity index (χ3v) is 4.17. The van der Waals surface area contributed by atoms with E-state index in [1.54, 1.807) is 18.2 Å². The number of nitrogens with zero attached hydrogens (tertiary/aromatic N) is 2. The van der Waals surface area contributed by atoms with Crippen LogP contribution in [0.1, 0.15) is 5.56 Å². The minimum atomic E-state index is -3.86. The highest BCUT2D eigenvalue weighted by molar-refractivity contribution is 7.98. The Kier molecular flexibility index (Phi) is 4.78. The zero-order valence-electron chi connectivity index (χ0n) is 11.1. The lowest BCUT2D eigenvalue weighted by Gasteiger charge is -2.12. The average Bonchev–Trinajstić information content (AvgIpc) is 2.46. The van der Waals surface area contributed by atoms with Gasteiger partial charge in [-0.15, -0.1) is 0 Å². The van der Waals surface area contributed by atoms with E-state index in [-0.39, 0.29) is 11.5 Å². The van der Waals surface area contributed by atoms with Gasteiger partial charge in [0.25, 0.3) is 0 Å². The molecular formula is C12H14N4O3S2. The van der Waals surface area contributed by atoms with Crippen molar-refractivity contribution in [2.45, 2.75) is 16.7 Å². The van der Waals surface area contributed by atoms with E-state index >= 15 is 0 Å². The van der Waals surface area contributed by atoms with E-state index in [4.69, 9.17) is 5.14 Å². The van der Waals surface area contributed by atoms with Crippen LogP contribution < -0.4 is 10.5 Å². The van der Waals surface area contributed by atoms with Gasteiger partial charge in [0.15, 0.2) is 5.16 Å². The van der Waals surface area contributed by atoms with Gasteiger partial charge in [-0.05, 0) is 18.4 Å². The van der Waals surface area contributed by atoms with E-state index in [1.165, 1.54) is 24.0 Å². The summed E-state index contributed by atoms with van der Waals surface area (Å²) in [6.07, 6.45) is 3.30. The monoisotopic (exact) mass is 326 g/mol. The molecular weight excluding hydrogens is 312 g/mol. The number of sulfonamides is 1. The van der Waals surface area contributed by atoms with Crippen molar-refractivity contribution in [2.24, 2.45) is 5.14 Å². The molecule has 0 spiro atoms. The first-order valence-electron chi connectivity index (χ1n) is 5.85. The van der Waals surface area contributed by atoms with Gasteiger partial charge in [0, 0.05) is 11.8 Å². The number of anilines is 2. The molecule has 1 aromatic heterocycles. The van der Waals surface area contributed by atoms with Gasteiger partial charge in [0.05, 0.1) is 12.3 Å². The lowest BCUT2D eigenvalue weighted by Crippen LogP contribution is -2.14. The van der Waals surface area contributed by atoms with Gasteiger partial charge in [-0.2, -0.15) is 0 Å². The van der Waals surface area contributed by atoms with E-state index in [1.807, 2.05) is 6.26 Å². The Bertz CT molecular complexity index is 750. The summed E-state index contributed by atoms with van der Waals surface area (Å²) in [5.74, 6) is 0.341. The predicted octanol–water partition coefficient (Wildman–Crippen LogP) is 1.08. The van der Waals surface area contributed by atoms with Crippen molar-refractivity contribution < 1.29 is 13.5 Å². The molecule has 0 aliphatic carbocycles. The molecule has 0 aliphatic heterocycles. The number of hydrogen-bond acceptors (Lipinski definition) is 7. The summed E-state index contributed by atoms with van der Waals surface area (Å²) in [6.45, 7) is -0.269. The average molecular weight is 326 g/mol. The van der Waals surface area contributed by atoms with Crippen molar-refractivity contribution in [3.8, 4) is 0 Å². The highest BCUT2D eigenvalue weighted by Gasteiger charge is 2.15. The molecule has 0 saturated heterocycles. The number of primary sulfonamides is 1. The van der Waals surface area contributed by atoms with E-state index in [2.05, 4.69) is 15.3 Å². The molecule has 0 saturated carbocycles. The first-order valence-corrected chi connectivity index (χ1v) is 8.62. The molecule has 9 heteroatoms. The van der Waals surface area contributed by atoms with Crippen molar-refractivity contribution in [1.29, 1.82) is 0 Å². The van der Waals surface area contributed by atoms with Crippen molar-refractivity contribution in [1.82, 2.24) is 9.97 Å². The van der Waals surface area contributed by atoms with E-state index < -0.39 is 10.0 Å². The maximum atomic E-state index is 11.6. The first-order chi connectivity index (χ1) is 9.95. The van der Waals surface area contributed by atoms with E-state index in [0.29, 0.717) is 22.2 Å². The SMILES string of the molecule is CSc1ncc(CO)c(Nc2ccccc2S(N)(=O)=O)n1. The van der Waals surface area contributed by atoms with Crippen LogP contribution in [-0.4, -0.2) is 29.7 Å². The molecule has 1 aromatic carbocycles. The third-order valence-electron chi connectivity index (χ3n) is 2.64. The Hall–Kier alpha value is -1.68. The molecule has 2 rings (SSSR count). The summed E-state index contributed by atoms with van der Waals surface area (Å²) < 4.78 is 23.1. The molecule has 0 aliphatic rings. The normalized spacial score (nSPS) is 11.4. The second-order valence-electron chi connectivity index (χ2n) is 4.05. The lowest BCUT2D eigenvalue weighted by atomic mass is 10.3. The number of para-hydroxylation sites is 1. The van der Waals surface area contributed by atoms with Crippen LogP contribution >= 0.6 is 11.8 Å². The molecule has 2 aromatic rings. The van der Waals surface area contributed by atoms with Crippen molar-refractivity contribution in [2.75, 3.05) is 11.6 Å². The van der Waals surface area contributed by atoms with Gasteiger partial charge in [0.1, 0.15) is 10.7 Å². The largest absolute Gasteiger partial charge is 0.391 e. The van der Waals surface area contributed by atoms with Crippen LogP contribution in [0.2, 0.25) is 0 Å². The van der Waals surface area contributed by atoms with Crippen molar-refractivity contribution in [3.05, 3.63) is 36.0 Å². The summed E-state index contributed by atoms with van der Waals surface area (Å²) >= 11 is 1.34. The van der Waals surface area contributed by atoms with Crippen LogP contribution in [0, 0.1) is 0 Å². The summed E-state index contributed by atoms with van der Waals surface area (Å²) in [6, 6.07) is 6.21. The topological polar surface area (TPSA) is 118 Å². The van der Waals surface area contributed by atoms with Gasteiger partial charge in [-0.25, -0.2) is 23.5 Å². The zero-order valence-corrected chi connectivity index (χ0v) is 12.8. The minimum Gasteiger partial charge on any atom is -0.391 e. The Morgan fingerprint density at radius 2 is 2.10 bits per heavy atom.